The first-order valence-corrected chi connectivity index (χ1v) is 5.34. The van der Waals surface area contributed by atoms with Gasteiger partial charge in [-0.25, -0.2) is 0 Å². The standard InChI is InChI=1S/C12H16N2O/c1-10(11-5-3-2-4-6-11)14-8-7-13-9-12(14)15/h2-6,10,13H,7-9H2,1H3. The zero-order valence-electron chi connectivity index (χ0n) is 8.94. The summed E-state index contributed by atoms with van der Waals surface area (Å²) in [6.45, 7) is 4.24. The van der Waals surface area contributed by atoms with E-state index in [-0.39, 0.29) is 11.9 Å². The normalized spacial score (nSPS) is 19.0. The summed E-state index contributed by atoms with van der Waals surface area (Å²) >= 11 is 0. The van der Waals surface area contributed by atoms with Crippen LogP contribution in [0.5, 0.6) is 0 Å². The molecule has 3 heteroatoms. The summed E-state index contributed by atoms with van der Waals surface area (Å²) < 4.78 is 0. The van der Waals surface area contributed by atoms with Gasteiger partial charge in [0.15, 0.2) is 0 Å². The summed E-state index contributed by atoms with van der Waals surface area (Å²) in [5.41, 5.74) is 1.20. The van der Waals surface area contributed by atoms with Gasteiger partial charge in [0.25, 0.3) is 0 Å². The van der Waals surface area contributed by atoms with Crippen molar-refractivity contribution in [3.05, 3.63) is 35.9 Å². The quantitative estimate of drug-likeness (QED) is 0.784. The summed E-state index contributed by atoms with van der Waals surface area (Å²) in [5.74, 6) is 0.192. The number of nitrogens with zero attached hydrogens (tertiary/aromatic N) is 1. The van der Waals surface area contributed by atoms with Crippen molar-refractivity contribution in [2.45, 2.75) is 13.0 Å². The molecule has 80 valence electrons. The van der Waals surface area contributed by atoms with Crippen LogP contribution in [0.3, 0.4) is 0 Å². The number of amides is 1. The van der Waals surface area contributed by atoms with Crippen LogP contribution in [0.4, 0.5) is 0 Å². The lowest BCUT2D eigenvalue weighted by Crippen LogP contribution is -2.48. The van der Waals surface area contributed by atoms with Gasteiger partial charge in [0.2, 0.25) is 5.91 Å². The van der Waals surface area contributed by atoms with Crippen LogP contribution >= 0.6 is 0 Å². The van der Waals surface area contributed by atoms with Crippen molar-refractivity contribution < 1.29 is 4.79 Å². The van der Waals surface area contributed by atoms with Crippen LogP contribution in [0.25, 0.3) is 0 Å². The van der Waals surface area contributed by atoms with Gasteiger partial charge in [0.05, 0.1) is 12.6 Å². The minimum Gasteiger partial charge on any atom is -0.334 e. The third-order valence-corrected chi connectivity index (χ3v) is 2.88. The fraction of sp³-hybridized carbons (Fsp3) is 0.417. The largest absolute Gasteiger partial charge is 0.334 e. The zero-order valence-corrected chi connectivity index (χ0v) is 8.94. The van der Waals surface area contributed by atoms with E-state index in [1.54, 1.807) is 0 Å². The Kier molecular flexibility index (Phi) is 3.02. The van der Waals surface area contributed by atoms with Crippen LogP contribution in [0.15, 0.2) is 30.3 Å². The Morgan fingerprint density at radius 2 is 2.07 bits per heavy atom. The van der Waals surface area contributed by atoms with Crippen LogP contribution in [-0.4, -0.2) is 30.4 Å². The van der Waals surface area contributed by atoms with E-state index in [0.29, 0.717) is 6.54 Å². The van der Waals surface area contributed by atoms with Crippen LogP contribution in [0, 0.1) is 0 Å². The molecule has 1 fully saturated rings. The molecule has 1 aromatic carbocycles. The van der Waals surface area contributed by atoms with Crippen molar-refractivity contribution in [1.29, 1.82) is 0 Å². The Labute approximate surface area is 90.1 Å². The van der Waals surface area contributed by atoms with E-state index >= 15 is 0 Å². The fourth-order valence-electron chi connectivity index (χ4n) is 1.94. The van der Waals surface area contributed by atoms with Crippen molar-refractivity contribution in [1.82, 2.24) is 10.2 Å². The molecule has 1 saturated heterocycles. The molecule has 2 rings (SSSR count). The highest BCUT2D eigenvalue weighted by atomic mass is 16.2. The van der Waals surface area contributed by atoms with Gasteiger partial charge in [0, 0.05) is 13.1 Å². The second-order valence-electron chi connectivity index (χ2n) is 3.85. The van der Waals surface area contributed by atoms with Crippen LogP contribution in [-0.2, 0) is 4.79 Å². The number of carbonyl (C=O) groups is 1. The third-order valence-electron chi connectivity index (χ3n) is 2.88. The first kappa shape index (κ1) is 10.2. The second-order valence-corrected chi connectivity index (χ2v) is 3.85. The van der Waals surface area contributed by atoms with Gasteiger partial charge in [-0.1, -0.05) is 30.3 Å². The molecule has 0 spiro atoms. The topological polar surface area (TPSA) is 32.3 Å². The minimum atomic E-state index is 0.181. The van der Waals surface area contributed by atoms with Crippen LogP contribution in [0.1, 0.15) is 18.5 Å². The average molecular weight is 204 g/mol. The number of rotatable bonds is 2. The van der Waals surface area contributed by atoms with Gasteiger partial charge < -0.3 is 10.2 Å². The molecule has 3 nitrogen and oxygen atoms in total. The van der Waals surface area contributed by atoms with Crippen molar-refractivity contribution >= 4 is 5.91 Å². The van der Waals surface area contributed by atoms with Crippen LogP contribution < -0.4 is 5.32 Å². The fourth-order valence-corrected chi connectivity index (χ4v) is 1.94. The third kappa shape index (κ3) is 2.18. The van der Waals surface area contributed by atoms with E-state index in [0.717, 1.165) is 13.1 Å². The van der Waals surface area contributed by atoms with E-state index < -0.39 is 0 Å². The molecular formula is C12H16N2O. The number of hydrogen-bond donors (Lipinski definition) is 1. The molecule has 0 radical (unpaired) electrons. The van der Waals surface area contributed by atoms with Gasteiger partial charge in [-0.05, 0) is 12.5 Å². The van der Waals surface area contributed by atoms with Gasteiger partial charge in [0.1, 0.15) is 0 Å². The lowest BCUT2D eigenvalue weighted by Gasteiger charge is -2.33. The Morgan fingerprint density at radius 1 is 1.33 bits per heavy atom. The molecule has 0 aromatic heterocycles. The molecule has 1 aliphatic heterocycles. The minimum absolute atomic E-state index is 0.181. The van der Waals surface area contributed by atoms with Gasteiger partial charge in [-0.15, -0.1) is 0 Å². The highest BCUT2D eigenvalue weighted by molar-refractivity contribution is 5.79. The van der Waals surface area contributed by atoms with Crippen molar-refractivity contribution in [2.24, 2.45) is 0 Å². The molecule has 1 aliphatic rings. The Morgan fingerprint density at radius 3 is 2.73 bits per heavy atom. The molecule has 15 heavy (non-hydrogen) atoms. The molecule has 0 aliphatic carbocycles. The number of carbonyl (C=O) groups excluding carboxylic acids is 1. The summed E-state index contributed by atoms with van der Waals surface area (Å²) in [5, 5.41) is 3.08. The van der Waals surface area contributed by atoms with Gasteiger partial charge in [-0.2, -0.15) is 0 Å². The number of benzene rings is 1. The number of hydrogen-bond acceptors (Lipinski definition) is 2. The zero-order chi connectivity index (χ0) is 10.7. The maximum atomic E-state index is 11.7. The summed E-state index contributed by atoms with van der Waals surface area (Å²) in [6, 6.07) is 10.3. The molecule has 1 unspecified atom stereocenters. The summed E-state index contributed by atoms with van der Waals surface area (Å²) in [4.78, 5) is 13.6. The van der Waals surface area contributed by atoms with E-state index in [4.69, 9.17) is 0 Å². The van der Waals surface area contributed by atoms with Gasteiger partial charge >= 0.3 is 0 Å². The Balaban J connectivity index is 2.13. The molecule has 1 N–H and O–H groups in total. The molecule has 1 atom stereocenters. The predicted molar refractivity (Wildman–Crippen MR) is 59.4 cm³/mol. The maximum Gasteiger partial charge on any atom is 0.237 e. The van der Waals surface area contributed by atoms with E-state index in [1.807, 2.05) is 23.1 Å². The average Bonchev–Trinajstić information content (AvgIpc) is 2.30. The molecule has 1 aromatic rings. The molecule has 1 heterocycles. The molecule has 0 saturated carbocycles. The van der Waals surface area contributed by atoms with Gasteiger partial charge in [-0.3, -0.25) is 4.79 Å². The van der Waals surface area contributed by atoms with E-state index in [2.05, 4.69) is 24.4 Å². The van der Waals surface area contributed by atoms with Crippen molar-refractivity contribution in [2.75, 3.05) is 19.6 Å². The SMILES string of the molecule is CC(c1ccccc1)N1CCNCC1=O. The molecule has 1 amide bonds. The second kappa shape index (κ2) is 4.45. The van der Waals surface area contributed by atoms with Crippen LogP contribution in [0.2, 0.25) is 0 Å². The Hall–Kier alpha value is -1.35. The highest BCUT2D eigenvalue weighted by Crippen LogP contribution is 2.20. The lowest BCUT2D eigenvalue weighted by molar-refractivity contribution is -0.134. The number of nitrogens with one attached hydrogen (secondary N) is 1. The first-order chi connectivity index (χ1) is 7.29. The lowest BCUT2D eigenvalue weighted by atomic mass is 10.1. The van der Waals surface area contributed by atoms with Crippen molar-refractivity contribution in [3.8, 4) is 0 Å². The first-order valence-electron chi connectivity index (χ1n) is 5.34. The maximum absolute atomic E-state index is 11.7. The summed E-state index contributed by atoms with van der Waals surface area (Å²) in [7, 11) is 0. The molecular weight excluding hydrogens is 188 g/mol. The summed E-state index contributed by atoms with van der Waals surface area (Å²) in [6.07, 6.45) is 0. The predicted octanol–water partition coefficient (Wildman–Crippen LogP) is 1.18. The van der Waals surface area contributed by atoms with Crippen molar-refractivity contribution in [3.63, 3.8) is 0 Å². The Bertz CT molecular complexity index is 337. The monoisotopic (exact) mass is 204 g/mol. The van der Waals surface area contributed by atoms with E-state index in [1.165, 1.54) is 5.56 Å². The smallest absolute Gasteiger partial charge is 0.237 e. The highest BCUT2D eigenvalue weighted by Gasteiger charge is 2.23. The van der Waals surface area contributed by atoms with E-state index in [9.17, 15) is 4.79 Å². The molecule has 0 bridgehead atoms. The number of piperazine rings is 1.